The summed E-state index contributed by atoms with van der Waals surface area (Å²) in [7, 11) is 0. The molecule has 0 heterocycles. The molecule has 0 bridgehead atoms. The van der Waals surface area contributed by atoms with Crippen LogP contribution in [0.25, 0.3) is 0 Å². The molecule has 0 spiro atoms. The molecule has 21 heteroatoms. The molecule has 0 aliphatic rings. The highest BCUT2D eigenvalue weighted by Crippen LogP contribution is 2.01. The third-order valence-electron chi connectivity index (χ3n) is 4.57. The number of hydrogen-bond donors (Lipinski definition) is 17. The van der Waals surface area contributed by atoms with Crippen LogP contribution in [0.1, 0.15) is 0 Å². The monoisotopic (exact) mass is 597 g/mol. The number of carboxylic acid groups (broad SMARTS) is 3. The molecule has 0 saturated carbocycles. The Balaban J connectivity index is -0.000000227. The van der Waals surface area contributed by atoms with Crippen LogP contribution in [0.3, 0.4) is 0 Å². The lowest BCUT2D eigenvalue weighted by atomic mass is 10.0. The Bertz CT molecular complexity index is 578. The van der Waals surface area contributed by atoms with E-state index >= 15 is 0 Å². The highest BCUT2D eigenvalue weighted by atomic mass is 16.4. The van der Waals surface area contributed by atoms with Crippen molar-refractivity contribution >= 4 is 23.9 Å². The van der Waals surface area contributed by atoms with E-state index < -0.39 is 120 Å². The summed E-state index contributed by atoms with van der Waals surface area (Å²) in [6.07, 6.45) is 0. The molecule has 2 amide bonds. The van der Waals surface area contributed by atoms with Crippen molar-refractivity contribution < 1.29 is 80.5 Å². The van der Waals surface area contributed by atoms with Gasteiger partial charge in [-0.15, -0.1) is 0 Å². The number of carboxylic acids is 3. The van der Waals surface area contributed by atoms with Gasteiger partial charge in [-0.25, -0.2) is 4.79 Å². The van der Waals surface area contributed by atoms with Crippen LogP contribution in [0.4, 0.5) is 4.79 Å². The van der Waals surface area contributed by atoms with Crippen LogP contribution in [0, 0.1) is 0 Å². The number of nitrogens with one attached hydrogen (secondary N) is 3. The number of aliphatic hydroxyl groups excluding tert-OH is 9. The number of urea groups is 1. The van der Waals surface area contributed by atoms with Crippen LogP contribution in [0.5, 0.6) is 0 Å². The third-order valence-corrected chi connectivity index (χ3v) is 4.57. The number of aliphatic carboxylic acids is 3. The highest BCUT2D eigenvalue weighted by Gasteiger charge is 2.29. The summed E-state index contributed by atoms with van der Waals surface area (Å²) >= 11 is 0. The maximum Gasteiger partial charge on any atom is 0.317 e. The number of rotatable bonds is 18. The first-order valence-corrected chi connectivity index (χ1v) is 11.0. The Morgan fingerprint density at radius 1 is 0.425 bits per heavy atom. The predicted molar refractivity (Wildman–Crippen MR) is 133 cm³/mol. The van der Waals surface area contributed by atoms with E-state index in [1.165, 1.54) is 0 Å². The maximum atomic E-state index is 10.1. The van der Waals surface area contributed by atoms with E-state index in [9.17, 15) is 14.4 Å². The molecule has 0 atom stereocenters. The molecule has 0 unspecified atom stereocenters. The summed E-state index contributed by atoms with van der Waals surface area (Å²) in [5.74, 6) is -3.35. The zero-order valence-corrected chi connectivity index (χ0v) is 21.6. The molecule has 0 saturated heterocycles. The molecule has 21 nitrogen and oxygen atoms in total. The average Bonchev–Trinajstić information content (AvgIpc) is 2.92. The molecular weight excluding hydrogens is 554 g/mol. The summed E-state index contributed by atoms with van der Waals surface area (Å²) < 4.78 is 0. The third kappa shape index (κ3) is 23.1. The molecule has 0 aromatic rings. The standard InChI is InChI=1S/3C6H13NO5.CH4N2O/c3*8-2-6(3-9,4-10)7-1-5(11)12;2-1(3)4/h3*7-10H,1-4H2,(H,11,12);(H4,2,3,4). The van der Waals surface area contributed by atoms with Crippen molar-refractivity contribution in [3.05, 3.63) is 0 Å². The minimum Gasteiger partial charge on any atom is -0.480 e. The number of amides is 2. The fourth-order valence-corrected chi connectivity index (χ4v) is 1.74. The summed E-state index contributed by atoms with van der Waals surface area (Å²) in [6, 6.07) is -0.833. The van der Waals surface area contributed by atoms with E-state index in [1.807, 2.05) is 0 Å². The first kappa shape index (κ1) is 44.2. The molecule has 0 aromatic heterocycles. The van der Waals surface area contributed by atoms with E-state index in [2.05, 4.69) is 27.4 Å². The van der Waals surface area contributed by atoms with Gasteiger partial charge in [-0.2, -0.15) is 0 Å². The normalized spacial score (nSPS) is 11.0. The fourth-order valence-electron chi connectivity index (χ4n) is 1.74. The second-order valence-corrected chi connectivity index (χ2v) is 7.91. The molecule has 0 fully saturated rings. The Kier molecular flexibility index (Phi) is 27.8. The second-order valence-electron chi connectivity index (χ2n) is 7.91. The van der Waals surface area contributed by atoms with Crippen LogP contribution in [-0.4, -0.2) is 181 Å². The predicted octanol–water partition coefficient (Wildman–Crippen LogP) is -8.85. The Morgan fingerprint density at radius 2 is 0.550 bits per heavy atom. The average molecular weight is 598 g/mol. The van der Waals surface area contributed by atoms with Gasteiger partial charge in [0.2, 0.25) is 0 Å². The zero-order chi connectivity index (χ0) is 32.4. The quantitative estimate of drug-likeness (QED) is 0.0696. The van der Waals surface area contributed by atoms with Gasteiger partial charge >= 0.3 is 23.9 Å². The Hall–Kier alpha value is -2.80. The van der Waals surface area contributed by atoms with Crippen molar-refractivity contribution in [2.75, 3.05) is 79.1 Å². The summed E-state index contributed by atoms with van der Waals surface area (Å²) in [5, 5.41) is 110. The fraction of sp³-hybridized carbons (Fsp3) is 0.789. The number of nitrogens with two attached hydrogens (primary N) is 2. The molecule has 0 aliphatic carbocycles. The zero-order valence-electron chi connectivity index (χ0n) is 21.6. The number of aliphatic hydroxyl groups is 9. The largest absolute Gasteiger partial charge is 0.480 e. The Morgan fingerprint density at radius 3 is 0.625 bits per heavy atom. The SMILES string of the molecule is NC(N)=O.O=C(O)CNC(CO)(CO)CO.O=C(O)CNC(CO)(CO)CO.O=C(O)CNC(CO)(CO)CO. The van der Waals surface area contributed by atoms with Gasteiger partial charge in [-0.05, 0) is 0 Å². The van der Waals surface area contributed by atoms with E-state index in [4.69, 9.17) is 66.1 Å². The topological polar surface area (TPSA) is 399 Å². The molecule has 40 heavy (non-hydrogen) atoms. The lowest BCUT2D eigenvalue weighted by Crippen LogP contribution is -2.56. The highest BCUT2D eigenvalue weighted by molar-refractivity contribution is 5.70. The first-order valence-electron chi connectivity index (χ1n) is 11.0. The number of carbonyl (C=O) groups is 4. The number of carbonyl (C=O) groups excluding carboxylic acids is 1. The Labute approximate surface area is 228 Å². The van der Waals surface area contributed by atoms with Crippen molar-refractivity contribution in [1.29, 1.82) is 0 Å². The lowest BCUT2D eigenvalue weighted by Gasteiger charge is -2.27. The maximum absolute atomic E-state index is 10.1. The van der Waals surface area contributed by atoms with Gasteiger partial charge in [0.25, 0.3) is 0 Å². The molecule has 19 N–H and O–H groups in total. The molecule has 0 aliphatic heterocycles. The lowest BCUT2D eigenvalue weighted by molar-refractivity contribution is -0.137. The van der Waals surface area contributed by atoms with E-state index in [0.717, 1.165) is 0 Å². The van der Waals surface area contributed by atoms with Gasteiger partial charge in [-0.1, -0.05) is 0 Å². The number of hydrogen-bond acceptors (Lipinski definition) is 16. The van der Waals surface area contributed by atoms with E-state index in [1.54, 1.807) is 0 Å². The molecular formula is C19H43N5O16. The molecule has 0 radical (unpaired) electrons. The van der Waals surface area contributed by atoms with Crippen LogP contribution >= 0.6 is 0 Å². The van der Waals surface area contributed by atoms with Gasteiger partial charge in [0.15, 0.2) is 0 Å². The minimum atomic E-state index is -1.31. The van der Waals surface area contributed by atoms with Crippen molar-refractivity contribution in [2.45, 2.75) is 16.6 Å². The van der Waals surface area contributed by atoms with Gasteiger partial charge in [0, 0.05) is 0 Å². The van der Waals surface area contributed by atoms with E-state index in [0.29, 0.717) is 0 Å². The number of primary amides is 2. The van der Waals surface area contributed by atoms with Crippen LogP contribution in [-0.2, 0) is 14.4 Å². The van der Waals surface area contributed by atoms with Crippen LogP contribution in [0.2, 0.25) is 0 Å². The van der Waals surface area contributed by atoms with Crippen molar-refractivity contribution in [3.63, 3.8) is 0 Å². The van der Waals surface area contributed by atoms with Gasteiger partial charge in [0.1, 0.15) is 0 Å². The smallest absolute Gasteiger partial charge is 0.317 e. The molecule has 0 rings (SSSR count). The second kappa shape index (κ2) is 25.2. The van der Waals surface area contributed by atoms with E-state index in [-0.39, 0.29) is 0 Å². The minimum absolute atomic E-state index is 0.415. The molecule has 0 aromatic carbocycles. The van der Waals surface area contributed by atoms with Crippen molar-refractivity contribution in [2.24, 2.45) is 11.5 Å². The van der Waals surface area contributed by atoms with Gasteiger partial charge in [0.05, 0.1) is 95.7 Å². The molecule has 240 valence electrons. The van der Waals surface area contributed by atoms with Gasteiger partial charge in [-0.3, -0.25) is 30.3 Å². The van der Waals surface area contributed by atoms with Crippen molar-refractivity contribution in [1.82, 2.24) is 16.0 Å². The van der Waals surface area contributed by atoms with Crippen molar-refractivity contribution in [3.8, 4) is 0 Å². The van der Waals surface area contributed by atoms with Gasteiger partial charge < -0.3 is 72.7 Å². The summed E-state index contributed by atoms with van der Waals surface area (Å²) in [4.78, 5) is 39.3. The summed E-state index contributed by atoms with van der Waals surface area (Å²) in [5.41, 5.74) is 4.58. The first-order chi connectivity index (χ1) is 18.5. The summed E-state index contributed by atoms with van der Waals surface area (Å²) in [6.45, 7) is -5.93. The van der Waals surface area contributed by atoms with Crippen LogP contribution in [0.15, 0.2) is 0 Å². The van der Waals surface area contributed by atoms with Crippen LogP contribution < -0.4 is 27.4 Å².